The number of nitrogens with two attached hydrogens (primary N) is 2. The van der Waals surface area contributed by atoms with Gasteiger partial charge in [0, 0.05) is 93.1 Å². The van der Waals surface area contributed by atoms with E-state index in [2.05, 4.69) is 110 Å². The number of halogens is 2. The highest BCUT2D eigenvalue weighted by Gasteiger charge is 2.13. The molecule has 12 heteroatoms. The topological polar surface area (TPSA) is 132 Å². The maximum Gasteiger partial charge on any atom is 0.220 e. The Morgan fingerprint density at radius 2 is 1.24 bits per heavy atom. The fourth-order valence-corrected chi connectivity index (χ4v) is 5.60. The molecule has 0 saturated carbocycles. The van der Waals surface area contributed by atoms with E-state index in [1.54, 1.807) is 26.6 Å². The Morgan fingerprint density at radius 3 is 1.74 bits per heavy atom. The minimum absolute atomic E-state index is 0.278. The standard InChI is InChI=1S/C15H15BrN4O.C15H15IN4O/c2*1-21-7-6-20-9-12(13-4-5-18-15(17)19-13)11-8-10(16)2-3-14(11)20/h2*2-5,8-9H,6-7H2,1H3,(H2,17,18,19). The van der Waals surface area contributed by atoms with E-state index in [-0.39, 0.29) is 11.9 Å². The van der Waals surface area contributed by atoms with E-state index in [1.165, 1.54) is 9.09 Å². The lowest BCUT2D eigenvalue weighted by molar-refractivity contribution is 0.188. The van der Waals surface area contributed by atoms with Gasteiger partial charge in [0.1, 0.15) is 0 Å². The van der Waals surface area contributed by atoms with E-state index in [4.69, 9.17) is 20.9 Å². The normalized spacial score (nSPS) is 11.1. The molecule has 4 heterocycles. The highest BCUT2D eigenvalue weighted by atomic mass is 127. The quantitative estimate of drug-likeness (QED) is 0.181. The van der Waals surface area contributed by atoms with Gasteiger partial charge in [0.05, 0.1) is 24.6 Å². The molecule has 0 saturated heterocycles. The third kappa shape index (κ3) is 6.72. The first-order valence-corrected chi connectivity index (χ1v) is 15.0. The molecule has 6 aromatic rings. The summed E-state index contributed by atoms with van der Waals surface area (Å²) in [5.41, 5.74) is 17.5. The number of nitrogen functional groups attached to an aromatic ring is 2. The maximum absolute atomic E-state index is 5.71. The van der Waals surface area contributed by atoms with Crippen LogP contribution in [0.1, 0.15) is 0 Å². The van der Waals surface area contributed by atoms with Crippen LogP contribution in [0.3, 0.4) is 0 Å². The number of nitrogens with zero attached hydrogens (tertiary/aromatic N) is 6. The Bertz CT molecular complexity index is 1700. The fraction of sp³-hybridized carbons (Fsp3) is 0.200. The Labute approximate surface area is 265 Å². The molecule has 0 aliphatic carbocycles. The van der Waals surface area contributed by atoms with Crippen LogP contribution in [0.4, 0.5) is 11.9 Å². The SMILES string of the molecule is COCCn1cc(-c2ccnc(N)n2)c2cc(Br)ccc21.COCCn1cc(-c2ccnc(N)n2)c2cc(I)ccc21. The summed E-state index contributed by atoms with van der Waals surface area (Å²) in [5.74, 6) is 0.566. The molecule has 42 heavy (non-hydrogen) atoms. The van der Waals surface area contributed by atoms with Crippen molar-refractivity contribution in [2.45, 2.75) is 13.1 Å². The molecule has 0 amide bonds. The molecule has 6 rings (SSSR count). The number of hydrogen-bond acceptors (Lipinski definition) is 8. The largest absolute Gasteiger partial charge is 0.383 e. The van der Waals surface area contributed by atoms with Gasteiger partial charge in [-0.05, 0) is 71.1 Å². The zero-order valence-electron chi connectivity index (χ0n) is 23.2. The minimum Gasteiger partial charge on any atom is -0.383 e. The first-order valence-electron chi connectivity index (χ1n) is 13.1. The molecule has 0 spiro atoms. The lowest BCUT2D eigenvalue weighted by Gasteiger charge is -2.03. The lowest BCUT2D eigenvalue weighted by atomic mass is 10.1. The highest BCUT2D eigenvalue weighted by Crippen LogP contribution is 2.32. The van der Waals surface area contributed by atoms with Gasteiger partial charge in [0.25, 0.3) is 0 Å². The molecule has 4 N–H and O–H groups in total. The zero-order valence-corrected chi connectivity index (χ0v) is 26.9. The minimum atomic E-state index is 0.278. The summed E-state index contributed by atoms with van der Waals surface area (Å²) < 4.78 is 16.9. The molecule has 0 atom stereocenters. The molecular formula is C30H30BrIN8O2. The van der Waals surface area contributed by atoms with Crippen molar-refractivity contribution < 1.29 is 9.47 Å². The third-order valence-corrected chi connectivity index (χ3v) is 7.82. The van der Waals surface area contributed by atoms with Crippen LogP contribution in [0.25, 0.3) is 44.3 Å². The number of hydrogen-bond donors (Lipinski definition) is 2. The van der Waals surface area contributed by atoms with Gasteiger partial charge in [-0.2, -0.15) is 0 Å². The molecule has 0 aliphatic rings. The summed E-state index contributed by atoms with van der Waals surface area (Å²) in [6, 6.07) is 16.3. The fourth-order valence-electron chi connectivity index (χ4n) is 4.74. The average Bonchev–Trinajstić information content (AvgIpc) is 3.52. The van der Waals surface area contributed by atoms with Crippen molar-refractivity contribution in [1.82, 2.24) is 29.1 Å². The summed E-state index contributed by atoms with van der Waals surface area (Å²) >= 11 is 5.84. The van der Waals surface area contributed by atoms with Gasteiger partial charge in [-0.25, -0.2) is 19.9 Å². The van der Waals surface area contributed by atoms with E-state index in [0.29, 0.717) is 13.2 Å². The summed E-state index contributed by atoms with van der Waals surface area (Å²) in [4.78, 5) is 16.6. The number of aromatic nitrogens is 6. The van der Waals surface area contributed by atoms with Crippen LogP contribution in [0.15, 0.2) is 77.8 Å². The van der Waals surface area contributed by atoms with Gasteiger partial charge < -0.3 is 30.1 Å². The van der Waals surface area contributed by atoms with E-state index < -0.39 is 0 Å². The van der Waals surface area contributed by atoms with Gasteiger partial charge in [0.15, 0.2) is 0 Å². The lowest BCUT2D eigenvalue weighted by Crippen LogP contribution is -2.02. The summed E-state index contributed by atoms with van der Waals surface area (Å²) in [6.45, 7) is 2.91. The number of benzene rings is 2. The first-order chi connectivity index (χ1) is 20.4. The van der Waals surface area contributed by atoms with Crippen LogP contribution in [-0.2, 0) is 22.6 Å². The van der Waals surface area contributed by atoms with Crippen LogP contribution >= 0.6 is 38.5 Å². The molecule has 0 unspecified atom stereocenters. The zero-order chi connectivity index (χ0) is 29.6. The Morgan fingerprint density at radius 1 is 0.738 bits per heavy atom. The molecule has 0 fully saturated rings. The van der Waals surface area contributed by atoms with E-state index >= 15 is 0 Å². The van der Waals surface area contributed by atoms with Crippen molar-refractivity contribution in [3.05, 3.63) is 81.4 Å². The van der Waals surface area contributed by atoms with E-state index in [1.807, 2.05) is 18.2 Å². The smallest absolute Gasteiger partial charge is 0.220 e. The summed E-state index contributed by atoms with van der Waals surface area (Å²) in [7, 11) is 3.41. The van der Waals surface area contributed by atoms with Gasteiger partial charge >= 0.3 is 0 Å². The van der Waals surface area contributed by atoms with Crippen molar-refractivity contribution >= 4 is 72.2 Å². The Balaban J connectivity index is 0.000000168. The van der Waals surface area contributed by atoms with E-state index in [9.17, 15) is 0 Å². The average molecular weight is 741 g/mol. The van der Waals surface area contributed by atoms with Crippen molar-refractivity contribution in [1.29, 1.82) is 0 Å². The number of ether oxygens (including phenoxy) is 2. The second kappa shape index (κ2) is 13.6. The predicted molar refractivity (Wildman–Crippen MR) is 179 cm³/mol. The van der Waals surface area contributed by atoms with Gasteiger partial charge in [0.2, 0.25) is 11.9 Å². The monoisotopic (exact) mass is 740 g/mol. The van der Waals surface area contributed by atoms with Gasteiger partial charge in [-0.15, -0.1) is 0 Å². The predicted octanol–water partition coefficient (Wildman–Crippen LogP) is 6.02. The summed E-state index contributed by atoms with van der Waals surface area (Å²) in [6.07, 6.45) is 7.54. The highest BCUT2D eigenvalue weighted by molar-refractivity contribution is 14.1. The maximum atomic E-state index is 5.71. The van der Waals surface area contributed by atoms with Gasteiger partial charge in [-0.3, -0.25) is 0 Å². The summed E-state index contributed by atoms with van der Waals surface area (Å²) in [5, 5.41) is 2.29. The van der Waals surface area contributed by atoms with Crippen LogP contribution < -0.4 is 11.5 Å². The van der Waals surface area contributed by atoms with Crippen molar-refractivity contribution in [3.63, 3.8) is 0 Å². The molecule has 216 valence electrons. The van der Waals surface area contributed by atoms with Crippen LogP contribution in [0.5, 0.6) is 0 Å². The Hall–Kier alpha value is -3.59. The van der Waals surface area contributed by atoms with Crippen molar-refractivity contribution in [2.24, 2.45) is 0 Å². The number of rotatable bonds is 8. The number of fused-ring (bicyclic) bond motifs is 2. The van der Waals surface area contributed by atoms with Crippen LogP contribution in [-0.4, -0.2) is 56.5 Å². The van der Waals surface area contributed by atoms with Gasteiger partial charge in [-0.1, -0.05) is 15.9 Å². The van der Waals surface area contributed by atoms with E-state index in [0.717, 1.165) is 56.4 Å². The number of methoxy groups -OCH3 is 2. The number of anilines is 2. The molecule has 0 radical (unpaired) electrons. The van der Waals surface area contributed by atoms with Crippen LogP contribution in [0, 0.1) is 3.57 Å². The van der Waals surface area contributed by atoms with Crippen molar-refractivity contribution in [3.8, 4) is 22.5 Å². The second-order valence-corrected chi connectivity index (χ2v) is 11.5. The molecule has 4 aromatic heterocycles. The second-order valence-electron chi connectivity index (χ2n) is 9.38. The first kappa shape index (κ1) is 29.9. The van der Waals surface area contributed by atoms with Crippen molar-refractivity contribution in [2.75, 3.05) is 38.9 Å². The molecule has 2 aromatic carbocycles. The molecule has 10 nitrogen and oxygen atoms in total. The Kier molecular flexibility index (Phi) is 9.67. The molecule has 0 bridgehead atoms. The van der Waals surface area contributed by atoms with Crippen LogP contribution in [0.2, 0.25) is 0 Å². The third-order valence-electron chi connectivity index (χ3n) is 6.66. The molecule has 0 aliphatic heterocycles. The molecular weight excluding hydrogens is 711 g/mol.